The molecular formula is C14H19BrFNO. The number of hydrogen-bond acceptors (Lipinski definition) is 2. The summed E-state index contributed by atoms with van der Waals surface area (Å²) in [6.45, 7) is 0.470. The molecule has 4 heteroatoms. The van der Waals surface area contributed by atoms with Crippen LogP contribution < -0.4 is 5.73 Å². The maximum atomic E-state index is 13.1. The molecule has 1 unspecified atom stereocenters. The molecule has 3 N–H and O–H groups in total. The second-order valence-corrected chi connectivity index (χ2v) is 6.05. The quantitative estimate of drug-likeness (QED) is 0.896. The Balaban J connectivity index is 2.30. The molecule has 0 aromatic heterocycles. The Morgan fingerprint density at radius 3 is 2.56 bits per heavy atom. The van der Waals surface area contributed by atoms with E-state index in [1.807, 2.05) is 0 Å². The van der Waals surface area contributed by atoms with Gasteiger partial charge in [0.25, 0.3) is 0 Å². The molecular weight excluding hydrogens is 297 g/mol. The lowest BCUT2D eigenvalue weighted by atomic mass is 9.68. The molecule has 0 saturated heterocycles. The highest BCUT2D eigenvalue weighted by molar-refractivity contribution is 9.10. The smallest absolute Gasteiger partial charge is 0.124 e. The van der Waals surface area contributed by atoms with Crippen molar-refractivity contribution in [1.29, 1.82) is 0 Å². The fraction of sp³-hybridized carbons (Fsp3) is 0.571. The molecule has 1 aliphatic rings. The molecule has 0 heterocycles. The lowest BCUT2D eigenvalue weighted by molar-refractivity contribution is 0.000191. The van der Waals surface area contributed by atoms with Crippen molar-refractivity contribution in [3.05, 3.63) is 34.1 Å². The Hall–Kier alpha value is -0.450. The standard InChI is InChI=1S/C14H19BrFNO/c15-12-8-10(16)4-5-11(12)13(18)14(9-17)6-2-1-3-7-14/h4-5,8,13,18H,1-3,6-7,9,17H2. The van der Waals surface area contributed by atoms with Crippen LogP contribution in [0.3, 0.4) is 0 Å². The molecule has 1 saturated carbocycles. The van der Waals surface area contributed by atoms with Crippen LogP contribution in [-0.2, 0) is 0 Å². The lowest BCUT2D eigenvalue weighted by Gasteiger charge is -2.40. The van der Waals surface area contributed by atoms with E-state index in [0.29, 0.717) is 11.0 Å². The maximum absolute atomic E-state index is 13.1. The van der Waals surface area contributed by atoms with Crippen molar-refractivity contribution >= 4 is 15.9 Å². The fourth-order valence-corrected chi connectivity index (χ4v) is 3.47. The van der Waals surface area contributed by atoms with Gasteiger partial charge < -0.3 is 10.8 Å². The number of aliphatic hydroxyl groups excluding tert-OH is 1. The monoisotopic (exact) mass is 315 g/mol. The summed E-state index contributed by atoms with van der Waals surface area (Å²) in [4.78, 5) is 0. The van der Waals surface area contributed by atoms with E-state index in [9.17, 15) is 9.50 Å². The minimum absolute atomic E-state index is 0.251. The Morgan fingerprint density at radius 1 is 1.33 bits per heavy atom. The number of aliphatic hydroxyl groups is 1. The summed E-state index contributed by atoms with van der Waals surface area (Å²) in [5.74, 6) is -0.303. The lowest BCUT2D eigenvalue weighted by Crippen LogP contribution is -2.38. The summed E-state index contributed by atoms with van der Waals surface area (Å²) in [6.07, 6.45) is 4.67. The zero-order chi connectivity index (χ0) is 13.2. The van der Waals surface area contributed by atoms with Crippen LogP contribution in [0.2, 0.25) is 0 Å². The molecule has 100 valence electrons. The van der Waals surface area contributed by atoms with Gasteiger partial charge in [0.1, 0.15) is 5.82 Å². The van der Waals surface area contributed by atoms with Gasteiger partial charge in [0, 0.05) is 16.4 Å². The zero-order valence-corrected chi connectivity index (χ0v) is 11.9. The van der Waals surface area contributed by atoms with Crippen LogP contribution in [0.5, 0.6) is 0 Å². The average molecular weight is 316 g/mol. The normalized spacial score (nSPS) is 20.7. The molecule has 2 nitrogen and oxygen atoms in total. The van der Waals surface area contributed by atoms with E-state index in [4.69, 9.17) is 5.73 Å². The molecule has 1 aliphatic carbocycles. The SMILES string of the molecule is NCC1(C(O)c2ccc(F)cc2Br)CCCCC1. The molecule has 18 heavy (non-hydrogen) atoms. The van der Waals surface area contributed by atoms with Crippen molar-refractivity contribution in [2.24, 2.45) is 11.1 Å². The van der Waals surface area contributed by atoms with Gasteiger partial charge in [-0.15, -0.1) is 0 Å². The second-order valence-electron chi connectivity index (χ2n) is 5.20. The van der Waals surface area contributed by atoms with Gasteiger partial charge >= 0.3 is 0 Å². The van der Waals surface area contributed by atoms with E-state index in [1.165, 1.54) is 18.6 Å². The number of nitrogens with two attached hydrogens (primary N) is 1. The Kier molecular flexibility index (Phi) is 4.41. The first-order valence-electron chi connectivity index (χ1n) is 6.42. The van der Waals surface area contributed by atoms with E-state index in [-0.39, 0.29) is 11.2 Å². The Bertz CT molecular complexity index is 418. The van der Waals surface area contributed by atoms with Gasteiger partial charge in [-0.2, -0.15) is 0 Å². The van der Waals surface area contributed by atoms with Crippen LogP contribution in [0.15, 0.2) is 22.7 Å². The number of rotatable bonds is 3. The Morgan fingerprint density at radius 2 is 2.00 bits per heavy atom. The summed E-state index contributed by atoms with van der Waals surface area (Å²) in [6, 6.07) is 4.43. The molecule has 0 radical (unpaired) electrons. The molecule has 0 amide bonds. The van der Waals surface area contributed by atoms with Gasteiger partial charge in [-0.3, -0.25) is 0 Å². The van der Waals surface area contributed by atoms with Crippen molar-refractivity contribution in [2.45, 2.75) is 38.2 Å². The fourth-order valence-electron chi connectivity index (χ4n) is 2.90. The predicted molar refractivity (Wildman–Crippen MR) is 73.6 cm³/mol. The van der Waals surface area contributed by atoms with Crippen LogP contribution in [0.1, 0.15) is 43.8 Å². The number of hydrogen-bond donors (Lipinski definition) is 2. The highest BCUT2D eigenvalue weighted by Gasteiger charge is 2.39. The van der Waals surface area contributed by atoms with Crippen molar-refractivity contribution in [1.82, 2.24) is 0 Å². The summed E-state index contributed by atoms with van der Waals surface area (Å²) in [5.41, 5.74) is 6.40. The summed E-state index contributed by atoms with van der Waals surface area (Å²) >= 11 is 3.33. The van der Waals surface area contributed by atoms with Gasteiger partial charge in [0.15, 0.2) is 0 Å². The summed E-state index contributed by atoms with van der Waals surface area (Å²) < 4.78 is 13.7. The van der Waals surface area contributed by atoms with E-state index < -0.39 is 6.10 Å². The van der Waals surface area contributed by atoms with Crippen LogP contribution >= 0.6 is 15.9 Å². The van der Waals surface area contributed by atoms with Crippen molar-refractivity contribution in [3.63, 3.8) is 0 Å². The third-order valence-electron chi connectivity index (χ3n) is 4.09. The molecule has 2 rings (SSSR count). The van der Waals surface area contributed by atoms with Crippen molar-refractivity contribution in [3.8, 4) is 0 Å². The Labute approximate surface area is 116 Å². The van der Waals surface area contributed by atoms with Gasteiger partial charge in [-0.25, -0.2) is 4.39 Å². The molecule has 0 aliphatic heterocycles. The number of benzene rings is 1. The first-order chi connectivity index (χ1) is 8.59. The molecule has 0 bridgehead atoms. The highest BCUT2D eigenvalue weighted by atomic mass is 79.9. The molecule has 1 atom stereocenters. The first-order valence-corrected chi connectivity index (χ1v) is 7.21. The van der Waals surface area contributed by atoms with Crippen molar-refractivity contribution < 1.29 is 9.50 Å². The van der Waals surface area contributed by atoms with Crippen molar-refractivity contribution in [2.75, 3.05) is 6.54 Å². The minimum atomic E-state index is -0.627. The van der Waals surface area contributed by atoms with Crippen LogP contribution in [0.4, 0.5) is 4.39 Å². The van der Waals surface area contributed by atoms with Gasteiger partial charge in [-0.05, 0) is 30.5 Å². The molecule has 1 aromatic rings. The molecule has 1 fully saturated rings. The number of halogens is 2. The minimum Gasteiger partial charge on any atom is -0.388 e. The van der Waals surface area contributed by atoms with Gasteiger partial charge in [0.2, 0.25) is 0 Å². The topological polar surface area (TPSA) is 46.2 Å². The van der Waals surface area contributed by atoms with Crippen LogP contribution in [0.25, 0.3) is 0 Å². The predicted octanol–water partition coefficient (Wildman–Crippen LogP) is 3.53. The van der Waals surface area contributed by atoms with E-state index >= 15 is 0 Å². The van der Waals surface area contributed by atoms with Crippen LogP contribution in [-0.4, -0.2) is 11.7 Å². The first kappa shape index (κ1) is 14.0. The third-order valence-corrected chi connectivity index (χ3v) is 4.78. The van der Waals surface area contributed by atoms with E-state index in [2.05, 4.69) is 15.9 Å². The highest BCUT2D eigenvalue weighted by Crippen LogP contribution is 2.46. The zero-order valence-electron chi connectivity index (χ0n) is 10.3. The largest absolute Gasteiger partial charge is 0.388 e. The molecule has 0 spiro atoms. The maximum Gasteiger partial charge on any atom is 0.124 e. The third kappa shape index (κ3) is 2.60. The van der Waals surface area contributed by atoms with E-state index in [1.54, 1.807) is 6.07 Å². The van der Waals surface area contributed by atoms with Gasteiger partial charge in [0.05, 0.1) is 6.10 Å². The summed E-state index contributed by atoms with van der Waals surface area (Å²) in [7, 11) is 0. The average Bonchev–Trinajstić information content (AvgIpc) is 2.39. The van der Waals surface area contributed by atoms with Gasteiger partial charge in [-0.1, -0.05) is 41.3 Å². The van der Waals surface area contributed by atoms with E-state index in [0.717, 1.165) is 31.2 Å². The molecule has 1 aromatic carbocycles. The summed E-state index contributed by atoms with van der Waals surface area (Å²) in [5, 5.41) is 10.6. The van der Waals surface area contributed by atoms with Crippen LogP contribution in [0, 0.1) is 11.2 Å². The second kappa shape index (κ2) is 5.68.